The van der Waals surface area contributed by atoms with Gasteiger partial charge in [-0.15, -0.1) is 0 Å². The zero-order valence-corrected chi connectivity index (χ0v) is 14.4. The predicted octanol–water partition coefficient (Wildman–Crippen LogP) is 2.62. The molecule has 1 amide bonds. The van der Waals surface area contributed by atoms with Crippen LogP contribution < -0.4 is 10.7 Å². The van der Waals surface area contributed by atoms with Crippen LogP contribution in [0.1, 0.15) is 34.7 Å². The second-order valence-corrected chi connectivity index (χ2v) is 6.57. The van der Waals surface area contributed by atoms with E-state index in [9.17, 15) is 18.4 Å². The maximum Gasteiger partial charge on any atom is 0.287 e. The summed E-state index contributed by atoms with van der Waals surface area (Å²) in [5.41, 5.74) is 0.322. The molecule has 0 unspecified atom stereocenters. The summed E-state index contributed by atoms with van der Waals surface area (Å²) in [6.07, 6.45) is 1.42. The van der Waals surface area contributed by atoms with Crippen molar-refractivity contribution >= 4 is 5.91 Å². The topological polar surface area (TPSA) is 62.6 Å². The Balaban J connectivity index is 1.53. The number of likely N-dealkylation sites (tertiary alicyclic amines) is 1. The predicted molar refractivity (Wildman–Crippen MR) is 91.8 cm³/mol. The Labute approximate surface area is 149 Å². The van der Waals surface area contributed by atoms with Gasteiger partial charge in [-0.2, -0.15) is 0 Å². The largest absolute Gasteiger partial charge is 0.456 e. The second-order valence-electron chi connectivity index (χ2n) is 6.57. The van der Waals surface area contributed by atoms with E-state index >= 15 is 0 Å². The molecule has 0 spiro atoms. The molecule has 7 heteroatoms. The third-order valence-corrected chi connectivity index (χ3v) is 4.36. The summed E-state index contributed by atoms with van der Waals surface area (Å²) < 4.78 is 31.8. The smallest absolute Gasteiger partial charge is 0.287 e. The molecule has 1 aliphatic rings. The SMILES string of the molecule is Cc1cc(=O)cc(C(=O)NC2CCN(Cc3cc(F)cc(F)c3)CC2)o1. The van der Waals surface area contributed by atoms with Crippen molar-refractivity contribution in [3.63, 3.8) is 0 Å². The average Bonchev–Trinajstić information content (AvgIpc) is 2.55. The first-order chi connectivity index (χ1) is 12.4. The normalized spacial score (nSPS) is 15.8. The van der Waals surface area contributed by atoms with Gasteiger partial charge in [-0.1, -0.05) is 0 Å². The number of halogens is 2. The minimum atomic E-state index is -0.582. The molecule has 2 aromatic rings. The van der Waals surface area contributed by atoms with Crippen molar-refractivity contribution < 1.29 is 18.0 Å². The van der Waals surface area contributed by atoms with E-state index < -0.39 is 17.5 Å². The van der Waals surface area contributed by atoms with Crippen LogP contribution in [0.25, 0.3) is 0 Å². The lowest BCUT2D eigenvalue weighted by atomic mass is 10.0. The third-order valence-electron chi connectivity index (χ3n) is 4.36. The number of rotatable bonds is 4. The lowest BCUT2D eigenvalue weighted by Gasteiger charge is -2.32. The van der Waals surface area contributed by atoms with Gasteiger partial charge in [-0.25, -0.2) is 8.78 Å². The molecule has 5 nitrogen and oxygen atoms in total. The lowest BCUT2D eigenvalue weighted by molar-refractivity contribution is 0.0877. The number of nitrogens with one attached hydrogen (secondary N) is 1. The number of carbonyl (C=O) groups is 1. The maximum absolute atomic E-state index is 13.3. The second kappa shape index (κ2) is 7.78. The first kappa shape index (κ1) is 18.3. The summed E-state index contributed by atoms with van der Waals surface area (Å²) in [4.78, 5) is 25.8. The molecule has 1 aromatic carbocycles. The van der Waals surface area contributed by atoms with Crippen LogP contribution in [0.5, 0.6) is 0 Å². The number of piperidine rings is 1. The molecule has 1 fully saturated rings. The van der Waals surface area contributed by atoms with Gasteiger partial charge < -0.3 is 9.73 Å². The highest BCUT2D eigenvalue weighted by Crippen LogP contribution is 2.16. The van der Waals surface area contributed by atoms with E-state index in [0.717, 1.165) is 6.07 Å². The molecule has 138 valence electrons. The molecule has 1 aromatic heterocycles. The van der Waals surface area contributed by atoms with Crippen LogP contribution in [-0.4, -0.2) is 29.9 Å². The van der Waals surface area contributed by atoms with Crippen molar-refractivity contribution in [3.05, 3.63) is 69.3 Å². The molecule has 1 aliphatic heterocycles. The van der Waals surface area contributed by atoms with E-state index in [1.807, 2.05) is 0 Å². The maximum atomic E-state index is 13.3. The Morgan fingerprint density at radius 1 is 1.15 bits per heavy atom. The Hall–Kier alpha value is -2.54. The number of amides is 1. The van der Waals surface area contributed by atoms with Crippen LogP contribution in [0.2, 0.25) is 0 Å². The van der Waals surface area contributed by atoms with Crippen LogP contribution in [-0.2, 0) is 6.54 Å². The van der Waals surface area contributed by atoms with Gasteiger partial charge in [0.2, 0.25) is 0 Å². The van der Waals surface area contributed by atoms with E-state index in [1.54, 1.807) is 6.92 Å². The quantitative estimate of drug-likeness (QED) is 0.908. The summed E-state index contributed by atoms with van der Waals surface area (Å²) in [5, 5.41) is 2.87. The first-order valence-corrected chi connectivity index (χ1v) is 8.49. The van der Waals surface area contributed by atoms with Gasteiger partial charge in [-0.05, 0) is 37.5 Å². The summed E-state index contributed by atoms with van der Waals surface area (Å²) in [5.74, 6) is -1.17. The Morgan fingerprint density at radius 2 is 1.81 bits per heavy atom. The van der Waals surface area contributed by atoms with Crippen LogP contribution in [0.3, 0.4) is 0 Å². The fraction of sp³-hybridized carbons (Fsp3) is 0.368. The van der Waals surface area contributed by atoms with Gasteiger partial charge in [0, 0.05) is 43.9 Å². The van der Waals surface area contributed by atoms with Gasteiger partial charge in [-0.3, -0.25) is 14.5 Å². The van der Waals surface area contributed by atoms with E-state index in [2.05, 4.69) is 10.2 Å². The molecule has 1 N–H and O–H groups in total. The molecule has 2 heterocycles. The first-order valence-electron chi connectivity index (χ1n) is 8.49. The number of hydrogen-bond acceptors (Lipinski definition) is 4. The van der Waals surface area contributed by atoms with Crippen molar-refractivity contribution in [2.75, 3.05) is 13.1 Å². The molecule has 0 radical (unpaired) electrons. The minimum Gasteiger partial charge on any atom is -0.456 e. The molecular weight excluding hydrogens is 342 g/mol. The van der Waals surface area contributed by atoms with Crippen LogP contribution >= 0.6 is 0 Å². The zero-order chi connectivity index (χ0) is 18.7. The Bertz CT molecular complexity index is 838. The van der Waals surface area contributed by atoms with E-state index in [1.165, 1.54) is 24.3 Å². The van der Waals surface area contributed by atoms with Crippen molar-refractivity contribution in [2.24, 2.45) is 0 Å². The van der Waals surface area contributed by atoms with E-state index in [-0.39, 0.29) is 17.2 Å². The van der Waals surface area contributed by atoms with Crippen molar-refractivity contribution in [1.29, 1.82) is 0 Å². The molecule has 26 heavy (non-hydrogen) atoms. The molecule has 0 aliphatic carbocycles. The van der Waals surface area contributed by atoms with Gasteiger partial charge in [0.25, 0.3) is 5.91 Å². The number of hydrogen-bond donors (Lipinski definition) is 1. The minimum absolute atomic E-state index is 0.00710. The number of carbonyl (C=O) groups excluding carboxylic acids is 1. The third kappa shape index (κ3) is 4.76. The molecule has 0 saturated carbocycles. The van der Waals surface area contributed by atoms with Gasteiger partial charge >= 0.3 is 0 Å². The van der Waals surface area contributed by atoms with Gasteiger partial charge in [0.05, 0.1) is 0 Å². The highest BCUT2D eigenvalue weighted by Gasteiger charge is 2.22. The van der Waals surface area contributed by atoms with E-state index in [0.29, 0.717) is 43.8 Å². The number of nitrogens with zero attached hydrogens (tertiary/aromatic N) is 1. The molecule has 1 saturated heterocycles. The molecule has 3 rings (SSSR count). The molecule has 0 bridgehead atoms. The zero-order valence-electron chi connectivity index (χ0n) is 14.4. The summed E-state index contributed by atoms with van der Waals surface area (Å²) in [6, 6.07) is 5.98. The van der Waals surface area contributed by atoms with Crippen LogP contribution in [0.15, 0.2) is 39.5 Å². The van der Waals surface area contributed by atoms with Crippen LogP contribution in [0, 0.1) is 18.6 Å². The van der Waals surface area contributed by atoms with Crippen molar-refractivity contribution in [1.82, 2.24) is 10.2 Å². The average molecular weight is 362 g/mol. The van der Waals surface area contributed by atoms with Crippen LogP contribution in [0.4, 0.5) is 8.78 Å². The van der Waals surface area contributed by atoms with Gasteiger partial charge in [0.1, 0.15) is 17.4 Å². The Morgan fingerprint density at radius 3 is 2.42 bits per heavy atom. The highest BCUT2D eigenvalue weighted by molar-refractivity contribution is 5.91. The Kier molecular flexibility index (Phi) is 5.46. The molecule has 0 atom stereocenters. The standard InChI is InChI=1S/C19H20F2N2O3/c1-12-6-17(24)10-18(26-12)19(25)22-16-2-4-23(5-3-16)11-13-7-14(20)9-15(21)8-13/h6-10,16H,2-5,11H2,1H3,(H,22,25). The lowest BCUT2D eigenvalue weighted by Crippen LogP contribution is -2.44. The van der Waals surface area contributed by atoms with Gasteiger partial charge in [0.15, 0.2) is 11.2 Å². The van der Waals surface area contributed by atoms with Crippen molar-refractivity contribution in [2.45, 2.75) is 32.4 Å². The fourth-order valence-corrected chi connectivity index (χ4v) is 3.17. The number of aryl methyl sites for hydroxylation is 1. The fourth-order valence-electron chi connectivity index (χ4n) is 3.17. The highest BCUT2D eigenvalue weighted by atomic mass is 19.1. The summed E-state index contributed by atoms with van der Waals surface area (Å²) >= 11 is 0. The molecular formula is C19H20F2N2O3. The summed E-state index contributed by atoms with van der Waals surface area (Å²) in [7, 11) is 0. The van der Waals surface area contributed by atoms with Crippen molar-refractivity contribution in [3.8, 4) is 0 Å². The summed E-state index contributed by atoms with van der Waals surface area (Å²) in [6.45, 7) is 3.47. The van der Waals surface area contributed by atoms with E-state index in [4.69, 9.17) is 4.42 Å². The monoisotopic (exact) mass is 362 g/mol. The number of benzene rings is 1.